The minimum absolute atomic E-state index is 0.0900. The van der Waals surface area contributed by atoms with Crippen LogP contribution in [0, 0.1) is 0 Å². The van der Waals surface area contributed by atoms with Crippen molar-refractivity contribution in [2.45, 2.75) is 11.7 Å². The van der Waals surface area contributed by atoms with Crippen LogP contribution in [0.15, 0.2) is 48.5 Å². The highest BCUT2D eigenvalue weighted by Gasteiger charge is 2.24. The van der Waals surface area contributed by atoms with Gasteiger partial charge in [-0.1, -0.05) is 36.4 Å². The number of rotatable bonds is 5. The van der Waals surface area contributed by atoms with Gasteiger partial charge in [-0.2, -0.15) is 0 Å². The predicted octanol–water partition coefficient (Wildman–Crippen LogP) is 2.11. The van der Waals surface area contributed by atoms with E-state index in [1.54, 1.807) is 36.4 Å². The molecule has 1 N–H and O–H groups in total. The number of hydrogen-bond acceptors (Lipinski definition) is 4. The van der Waals surface area contributed by atoms with Crippen LogP contribution in [0.3, 0.4) is 0 Å². The van der Waals surface area contributed by atoms with Gasteiger partial charge in [0.05, 0.1) is 5.25 Å². The van der Waals surface area contributed by atoms with Crippen molar-refractivity contribution < 1.29 is 18.3 Å². The van der Waals surface area contributed by atoms with E-state index in [1.165, 1.54) is 12.3 Å². The molecule has 2 rings (SSSR count). The molecule has 110 valence electrons. The number of carbonyl (C=O) groups is 1. The molecular formula is C15H15NO4S. The van der Waals surface area contributed by atoms with Crippen molar-refractivity contribution in [2.24, 2.45) is 0 Å². The quantitative estimate of drug-likeness (QED) is 0.914. The fourth-order valence-corrected chi connectivity index (χ4v) is 3.21. The summed E-state index contributed by atoms with van der Waals surface area (Å²) in [6.45, 7) is 0. The Morgan fingerprint density at radius 2 is 1.81 bits per heavy atom. The number of sulfone groups is 1. The Morgan fingerprint density at radius 1 is 1.14 bits per heavy atom. The maximum absolute atomic E-state index is 12.0. The van der Waals surface area contributed by atoms with Gasteiger partial charge in [-0.25, -0.2) is 18.2 Å². The van der Waals surface area contributed by atoms with Crippen molar-refractivity contribution >= 4 is 15.8 Å². The molecular weight excluding hydrogens is 290 g/mol. The van der Waals surface area contributed by atoms with Crippen molar-refractivity contribution in [1.29, 1.82) is 0 Å². The average molecular weight is 305 g/mol. The molecule has 1 unspecified atom stereocenters. The van der Waals surface area contributed by atoms with Crippen LogP contribution in [0.25, 0.3) is 0 Å². The first-order chi connectivity index (χ1) is 9.88. The summed E-state index contributed by atoms with van der Waals surface area (Å²) in [5, 5.41) is 8.20. The van der Waals surface area contributed by atoms with E-state index < -0.39 is 21.1 Å². The number of pyridine rings is 1. The third kappa shape index (κ3) is 3.88. The number of aromatic carboxylic acids is 1. The van der Waals surface area contributed by atoms with Gasteiger partial charge in [-0.3, -0.25) is 0 Å². The Morgan fingerprint density at radius 3 is 2.38 bits per heavy atom. The van der Waals surface area contributed by atoms with Crippen molar-refractivity contribution in [1.82, 2.24) is 4.98 Å². The van der Waals surface area contributed by atoms with Crippen LogP contribution in [0.4, 0.5) is 0 Å². The van der Waals surface area contributed by atoms with Crippen molar-refractivity contribution in [3.05, 3.63) is 65.5 Å². The second-order valence-corrected chi connectivity index (χ2v) is 6.98. The van der Waals surface area contributed by atoms with Crippen LogP contribution in [0.1, 0.15) is 27.0 Å². The molecule has 0 fully saturated rings. The zero-order chi connectivity index (χ0) is 15.5. The molecule has 1 aromatic carbocycles. The first kappa shape index (κ1) is 15.2. The number of carboxylic acids is 1. The number of aromatic nitrogens is 1. The van der Waals surface area contributed by atoms with Gasteiger partial charge in [0.1, 0.15) is 5.69 Å². The van der Waals surface area contributed by atoms with E-state index in [-0.39, 0.29) is 12.1 Å². The predicted molar refractivity (Wildman–Crippen MR) is 78.9 cm³/mol. The zero-order valence-electron chi connectivity index (χ0n) is 11.4. The molecule has 5 nitrogen and oxygen atoms in total. The smallest absolute Gasteiger partial charge is 0.354 e. The van der Waals surface area contributed by atoms with Crippen molar-refractivity contribution in [2.75, 3.05) is 6.26 Å². The molecule has 1 heterocycles. The molecule has 2 aromatic rings. The Hall–Kier alpha value is -2.21. The summed E-state index contributed by atoms with van der Waals surface area (Å²) < 4.78 is 24.0. The van der Waals surface area contributed by atoms with Crippen molar-refractivity contribution in [3.63, 3.8) is 0 Å². The third-order valence-corrected chi connectivity index (χ3v) is 4.58. The van der Waals surface area contributed by atoms with E-state index in [0.717, 1.165) is 0 Å². The van der Waals surface area contributed by atoms with Gasteiger partial charge in [0.15, 0.2) is 9.84 Å². The lowest BCUT2D eigenvalue weighted by atomic mass is 10.1. The van der Waals surface area contributed by atoms with E-state index in [9.17, 15) is 13.2 Å². The first-order valence-electron chi connectivity index (χ1n) is 6.31. The molecule has 0 amide bonds. The minimum atomic E-state index is -3.34. The van der Waals surface area contributed by atoms with Crippen molar-refractivity contribution in [3.8, 4) is 0 Å². The SMILES string of the molecule is CS(=O)(=O)C(Cc1cccc(C(=O)O)n1)c1ccccc1. The second-order valence-electron chi connectivity index (χ2n) is 4.75. The largest absolute Gasteiger partial charge is 0.477 e. The molecule has 0 saturated carbocycles. The number of hydrogen-bond donors (Lipinski definition) is 1. The van der Waals surface area contributed by atoms with E-state index >= 15 is 0 Å². The van der Waals surface area contributed by atoms with Gasteiger partial charge >= 0.3 is 5.97 Å². The third-order valence-electron chi connectivity index (χ3n) is 3.11. The maximum atomic E-state index is 12.0. The van der Waals surface area contributed by atoms with E-state index in [0.29, 0.717) is 11.3 Å². The van der Waals surface area contributed by atoms with Crippen LogP contribution in [0.5, 0.6) is 0 Å². The monoisotopic (exact) mass is 305 g/mol. The summed E-state index contributed by atoms with van der Waals surface area (Å²) in [4.78, 5) is 14.9. The standard InChI is InChI=1S/C15H15NO4S/c1-21(19,20)14(11-6-3-2-4-7-11)10-12-8-5-9-13(16-12)15(17)18/h2-9,14H,10H2,1H3,(H,17,18). The highest BCUT2D eigenvalue weighted by atomic mass is 32.2. The molecule has 1 aromatic heterocycles. The Labute approximate surface area is 123 Å². The van der Waals surface area contributed by atoms with Gasteiger partial charge in [0, 0.05) is 18.4 Å². The Balaban J connectivity index is 2.37. The summed E-state index contributed by atoms with van der Waals surface area (Å²) in [5.74, 6) is -1.13. The summed E-state index contributed by atoms with van der Waals surface area (Å²) in [6.07, 6.45) is 1.32. The average Bonchev–Trinajstić information content (AvgIpc) is 2.45. The van der Waals surface area contributed by atoms with Gasteiger partial charge in [-0.15, -0.1) is 0 Å². The van der Waals surface area contributed by atoms with Crippen LogP contribution >= 0.6 is 0 Å². The topological polar surface area (TPSA) is 84.3 Å². The summed E-state index contributed by atoms with van der Waals surface area (Å²) in [5.41, 5.74) is 1.02. The fourth-order valence-electron chi connectivity index (χ4n) is 2.09. The highest BCUT2D eigenvalue weighted by Crippen LogP contribution is 2.25. The molecule has 0 aliphatic rings. The molecule has 0 spiro atoms. The van der Waals surface area contributed by atoms with Crippen LogP contribution in [-0.2, 0) is 16.3 Å². The normalized spacial score (nSPS) is 12.8. The maximum Gasteiger partial charge on any atom is 0.354 e. The number of carboxylic acid groups (broad SMARTS) is 1. The van der Waals surface area contributed by atoms with E-state index in [2.05, 4.69) is 4.98 Å². The highest BCUT2D eigenvalue weighted by molar-refractivity contribution is 7.90. The number of nitrogens with zero attached hydrogens (tertiary/aromatic N) is 1. The number of benzene rings is 1. The molecule has 0 bridgehead atoms. The molecule has 0 radical (unpaired) electrons. The Bertz CT molecular complexity index is 741. The van der Waals surface area contributed by atoms with Crippen LogP contribution in [0.2, 0.25) is 0 Å². The molecule has 6 heteroatoms. The lowest BCUT2D eigenvalue weighted by molar-refractivity contribution is 0.0690. The van der Waals surface area contributed by atoms with E-state index in [1.807, 2.05) is 6.07 Å². The molecule has 0 aliphatic carbocycles. The minimum Gasteiger partial charge on any atom is -0.477 e. The zero-order valence-corrected chi connectivity index (χ0v) is 12.2. The van der Waals surface area contributed by atoms with Crippen LogP contribution in [-0.4, -0.2) is 30.7 Å². The summed E-state index contributed by atoms with van der Waals surface area (Å²) in [6, 6.07) is 13.4. The fraction of sp³-hybridized carbons (Fsp3) is 0.200. The summed E-state index contributed by atoms with van der Waals surface area (Å²) >= 11 is 0. The molecule has 21 heavy (non-hydrogen) atoms. The molecule has 0 aliphatic heterocycles. The second kappa shape index (κ2) is 6.05. The van der Waals surface area contributed by atoms with E-state index in [4.69, 9.17) is 5.11 Å². The molecule has 1 atom stereocenters. The molecule has 0 saturated heterocycles. The van der Waals surface area contributed by atoms with Crippen LogP contribution < -0.4 is 0 Å². The lowest BCUT2D eigenvalue weighted by Gasteiger charge is -2.15. The first-order valence-corrected chi connectivity index (χ1v) is 8.26. The lowest BCUT2D eigenvalue weighted by Crippen LogP contribution is -2.15. The van der Waals surface area contributed by atoms with Gasteiger partial charge in [0.2, 0.25) is 0 Å². The van der Waals surface area contributed by atoms with Gasteiger partial charge < -0.3 is 5.11 Å². The van der Waals surface area contributed by atoms with Gasteiger partial charge in [0.25, 0.3) is 0 Å². The summed E-state index contributed by atoms with van der Waals surface area (Å²) in [7, 11) is -3.34. The van der Waals surface area contributed by atoms with Gasteiger partial charge in [-0.05, 0) is 17.7 Å². The Kier molecular flexibility index (Phi) is 4.37.